The molecule has 0 aliphatic rings. The lowest BCUT2D eigenvalue weighted by Gasteiger charge is -2.21. The maximum absolute atomic E-state index is 12.9. The number of hydrogen-bond acceptors (Lipinski definition) is 9. The minimum atomic E-state index is -0.543. The summed E-state index contributed by atoms with van der Waals surface area (Å²) in [6.45, 7) is 10.1. The molecule has 0 bridgehead atoms. The zero-order valence-corrected chi connectivity index (χ0v) is 38.9. The van der Waals surface area contributed by atoms with Crippen LogP contribution in [0.2, 0.25) is 0 Å². The van der Waals surface area contributed by atoms with Crippen molar-refractivity contribution in [2.24, 2.45) is 11.8 Å². The zero-order chi connectivity index (χ0) is 42.9. The first-order valence-electron chi connectivity index (χ1n) is 24.5. The third kappa shape index (κ3) is 35.8. The van der Waals surface area contributed by atoms with Crippen LogP contribution >= 0.6 is 0 Å². The highest BCUT2D eigenvalue weighted by Gasteiger charge is 2.21. The molecular weight excluding hydrogens is 731 g/mol. The van der Waals surface area contributed by atoms with E-state index in [2.05, 4.69) is 27.7 Å². The van der Waals surface area contributed by atoms with E-state index in [-0.39, 0.29) is 55.2 Å². The molecular formula is C49H93NO8. The molecule has 0 amide bonds. The van der Waals surface area contributed by atoms with E-state index >= 15 is 0 Å². The Balaban J connectivity index is 4.41. The van der Waals surface area contributed by atoms with Gasteiger partial charge in [0.1, 0.15) is 12.7 Å². The van der Waals surface area contributed by atoms with E-state index < -0.39 is 6.10 Å². The largest absolute Gasteiger partial charge is 0.465 e. The van der Waals surface area contributed by atoms with Gasteiger partial charge in [0.25, 0.3) is 0 Å². The number of nitrogens with zero attached hydrogens (tertiary/aromatic N) is 1. The van der Waals surface area contributed by atoms with E-state index in [1.165, 1.54) is 103 Å². The van der Waals surface area contributed by atoms with Crippen LogP contribution < -0.4 is 0 Å². The molecule has 0 radical (unpaired) electrons. The van der Waals surface area contributed by atoms with Crippen molar-refractivity contribution in [3.8, 4) is 0 Å². The Morgan fingerprint density at radius 2 is 0.759 bits per heavy atom. The van der Waals surface area contributed by atoms with Crippen LogP contribution in [0.5, 0.6) is 0 Å². The maximum Gasteiger partial charge on any atom is 0.308 e. The van der Waals surface area contributed by atoms with Gasteiger partial charge >= 0.3 is 23.9 Å². The van der Waals surface area contributed by atoms with Crippen LogP contribution in [0, 0.1) is 11.8 Å². The number of likely N-dealkylation sites (N-methyl/N-ethyl adjacent to an activating group) is 1. The number of carbonyl (C=O) groups is 4. The first kappa shape index (κ1) is 55.8. The highest BCUT2D eigenvalue weighted by molar-refractivity contribution is 5.73. The van der Waals surface area contributed by atoms with E-state index in [0.717, 1.165) is 77.0 Å². The van der Waals surface area contributed by atoms with Crippen LogP contribution in [0.1, 0.15) is 233 Å². The van der Waals surface area contributed by atoms with Crippen molar-refractivity contribution in [3.63, 3.8) is 0 Å². The smallest absolute Gasteiger partial charge is 0.308 e. The molecule has 0 aromatic heterocycles. The summed E-state index contributed by atoms with van der Waals surface area (Å²) in [7, 11) is 3.78. The normalized spacial score (nSPS) is 12.9. The van der Waals surface area contributed by atoms with Crippen molar-refractivity contribution < 1.29 is 38.1 Å². The van der Waals surface area contributed by atoms with Crippen LogP contribution in [0.15, 0.2) is 0 Å². The molecule has 342 valence electrons. The Hall–Kier alpha value is -2.16. The van der Waals surface area contributed by atoms with Crippen molar-refractivity contribution in [1.82, 2.24) is 4.90 Å². The fraction of sp³-hybridized carbons (Fsp3) is 0.918. The number of hydrogen-bond donors (Lipinski definition) is 0. The third-order valence-electron chi connectivity index (χ3n) is 11.1. The number of unbranched alkanes of at least 4 members (excludes halogenated alkanes) is 20. The lowest BCUT2D eigenvalue weighted by Crippen LogP contribution is -2.34. The van der Waals surface area contributed by atoms with Gasteiger partial charge in [-0.3, -0.25) is 19.2 Å². The van der Waals surface area contributed by atoms with Gasteiger partial charge in [-0.15, -0.1) is 0 Å². The van der Waals surface area contributed by atoms with Gasteiger partial charge in [-0.25, -0.2) is 0 Å². The van der Waals surface area contributed by atoms with Crippen molar-refractivity contribution in [1.29, 1.82) is 0 Å². The molecule has 0 aliphatic heterocycles. The molecule has 0 aliphatic carbocycles. The Labute approximate surface area is 357 Å². The minimum absolute atomic E-state index is 0.000463. The van der Waals surface area contributed by atoms with E-state index in [1.807, 2.05) is 19.0 Å². The second kappa shape index (κ2) is 41.6. The average molecular weight is 824 g/mol. The molecule has 0 rings (SSSR count). The van der Waals surface area contributed by atoms with Gasteiger partial charge in [0, 0.05) is 19.4 Å². The van der Waals surface area contributed by atoms with E-state index in [1.54, 1.807) is 0 Å². The number of esters is 4. The summed E-state index contributed by atoms with van der Waals surface area (Å²) in [4.78, 5) is 52.9. The van der Waals surface area contributed by atoms with Crippen molar-refractivity contribution in [2.45, 2.75) is 239 Å². The molecule has 9 nitrogen and oxygen atoms in total. The lowest BCUT2D eigenvalue weighted by molar-refractivity contribution is -0.160. The molecule has 2 unspecified atom stereocenters. The van der Waals surface area contributed by atoms with Gasteiger partial charge < -0.3 is 23.8 Å². The predicted octanol–water partition coefficient (Wildman–Crippen LogP) is 12.9. The standard InChI is InChI=1S/C49H93NO8/c1-7-11-15-19-21-27-35-43(33-25-17-13-9-3)48(53)55-39-31-23-29-37-46(51)57-42-45(41-50(5)6)58-47(52)38-30-24-32-40-56-49(54)44(34-26-18-14-10-4)36-28-22-20-16-12-8-2/h43-45H,7-42H2,1-6H3/t43?,44-,45?/m0/s1. The van der Waals surface area contributed by atoms with E-state index in [4.69, 9.17) is 18.9 Å². The van der Waals surface area contributed by atoms with Crippen LogP contribution in [-0.4, -0.2) is 75.3 Å². The Bertz CT molecular complexity index is 972. The molecule has 9 heteroatoms. The summed E-state index contributed by atoms with van der Waals surface area (Å²) in [5, 5.41) is 0. The van der Waals surface area contributed by atoms with Crippen molar-refractivity contribution >= 4 is 23.9 Å². The quantitative estimate of drug-likeness (QED) is 0.0337. The topological polar surface area (TPSA) is 108 Å². The molecule has 0 saturated carbocycles. The second-order valence-electron chi connectivity index (χ2n) is 17.2. The fourth-order valence-corrected chi connectivity index (χ4v) is 7.45. The molecule has 58 heavy (non-hydrogen) atoms. The highest BCUT2D eigenvalue weighted by Crippen LogP contribution is 2.22. The molecule has 3 atom stereocenters. The monoisotopic (exact) mass is 824 g/mol. The summed E-state index contributed by atoms with van der Waals surface area (Å²) < 4.78 is 22.6. The van der Waals surface area contributed by atoms with E-state index in [9.17, 15) is 19.2 Å². The Morgan fingerprint density at radius 3 is 1.16 bits per heavy atom. The van der Waals surface area contributed by atoms with Crippen LogP contribution in [0.4, 0.5) is 0 Å². The van der Waals surface area contributed by atoms with Gasteiger partial charge in [0.15, 0.2) is 0 Å². The minimum Gasteiger partial charge on any atom is -0.465 e. The average Bonchev–Trinajstić information content (AvgIpc) is 3.20. The van der Waals surface area contributed by atoms with Gasteiger partial charge in [0.2, 0.25) is 0 Å². The fourth-order valence-electron chi connectivity index (χ4n) is 7.45. The molecule has 0 aromatic rings. The highest BCUT2D eigenvalue weighted by atomic mass is 16.6. The summed E-state index contributed by atoms with van der Waals surface area (Å²) in [5.41, 5.74) is 0. The molecule has 0 N–H and O–H groups in total. The predicted molar refractivity (Wildman–Crippen MR) is 239 cm³/mol. The van der Waals surface area contributed by atoms with Gasteiger partial charge in [-0.05, 0) is 78.3 Å². The summed E-state index contributed by atoms with van der Waals surface area (Å²) >= 11 is 0. The van der Waals surface area contributed by atoms with E-state index in [0.29, 0.717) is 32.6 Å². The SMILES string of the molecule is CCCCCCCCC(CCCCCC)C(=O)OCCCCCC(=O)OCC(CN(C)C)OC(=O)CCCCCOC(=O)[C@@H](CCCCCC)CCCCCCCC. The second-order valence-corrected chi connectivity index (χ2v) is 17.2. The molecule has 0 saturated heterocycles. The van der Waals surface area contributed by atoms with Crippen LogP contribution in [0.25, 0.3) is 0 Å². The summed E-state index contributed by atoms with van der Waals surface area (Å²) in [6, 6.07) is 0. The first-order chi connectivity index (χ1) is 28.2. The summed E-state index contributed by atoms with van der Waals surface area (Å²) in [6.07, 6.45) is 31.9. The van der Waals surface area contributed by atoms with Crippen LogP contribution in [0.3, 0.4) is 0 Å². The van der Waals surface area contributed by atoms with Crippen molar-refractivity contribution in [2.75, 3.05) is 40.5 Å². The third-order valence-corrected chi connectivity index (χ3v) is 11.1. The molecule has 0 aromatic carbocycles. The number of carbonyl (C=O) groups excluding carboxylic acids is 4. The van der Waals surface area contributed by atoms with Gasteiger partial charge in [-0.2, -0.15) is 0 Å². The number of rotatable bonds is 43. The zero-order valence-electron chi connectivity index (χ0n) is 38.9. The number of ether oxygens (including phenoxy) is 4. The maximum atomic E-state index is 12.9. The molecule has 0 spiro atoms. The molecule has 0 fully saturated rings. The van der Waals surface area contributed by atoms with Crippen LogP contribution in [-0.2, 0) is 38.1 Å². The Morgan fingerprint density at radius 1 is 0.414 bits per heavy atom. The molecule has 0 heterocycles. The first-order valence-corrected chi connectivity index (χ1v) is 24.5. The van der Waals surface area contributed by atoms with Crippen molar-refractivity contribution in [3.05, 3.63) is 0 Å². The van der Waals surface area contributed by atoms with Gasteiger partial charge in [0.05, 0.1) is 25.0 Å². The Kier molecular flexibility index (Phi) is 40.0. The summed E-state index contributed by atoms with van der Waals surface area (Å²) in [5.74, 6) is -0.729. The lowest BCUT2D eigenvalue weighted by atomic mass is 9.94. The van der Waals surface area contributed by atoms with Gasteiger partial charge in [-0.1, -0.05) is 156 Å².